The Balaban J connectivity index is 1.95. The number of aromatic hydroxyl groups is 1. The van der Waals surface area contributed by atoms with Crippen molar-refractivity contribution in [2.45, 2.75) is 6.42 Å². The molecule has 1 heterocycles. The molecule has 0 spiro atoms. The van der Waals surface area contributed by atoms with E-state index in [4.69, 9.17) is 14.2 Å². The predicted molar refractivity (Wildman–Crippen MR) is 98.1 cm³/mol. The lowest BCUT2D eigenvalue weighted by molar-refractivity contribution is 0.0816. The number of hydrogen-bond donors (Lipinski definition) is 1. The van der Waals surface area contributed by atoms with Crippen LogP contribution in [0.25, 0.3) is 0 Å². The molecule has 0 fully saturated rings. The summed E-state index contributed by atoms with van der Waals surface area (Å²) in [5, 5.41) is 9.89. The molecule has 27 heavy (non-hydrogen) atoms. The summed E-state index contributed by atoms with van der Waals surface area (Å²) in [6.07, 6.45) is 0.575. The minimum atomic E-state index is -0.710. The van der Waals surface area contributed by atoms with Crippen LogP contribution in [0.5, 0.6) is 23.0 Å². The topological polar surface area (TPSA) is 85.3 Å². The maximum Gasteiger partial charge on any atom is 0.233 e. The summed E-state index contributed by atoms with van der Waals surface area (Å²) in [5.41, 5.74) is 1.08. The van der Waals surface area contributed by atoms with Crippen LogP contribution in [0.3, 0.4) is 0 Å². The fourth-order valence-corrected chi connectivity index (χ4v) is 2.83. The van der Waals surface area contributed by atoms with Gasteiger partial charge in [0.15, 0.2) is 23.0 Å². The Labute approximate surface area is 157 Å². The number of ether oxygens (including phenoxy) is 3. The molecular formula is C20H21NO6. The zero-order chi connectivity index (χ0) is 19.6. The van der Waals surface area contributed by atoms with E-state index in [0.29, 0.717) is 30.0 Å². The van der Waals surface area contributed by atoms with Crippen molar-refractivity contribution < 1.29 is 28.9 Å². The summed E-state index contributed by atoms with van der Waals surface area (Å²) in [6, 6.07) is 7.42. The van der Waals surface area contributed by atoms with E-state index in [1.165, 1.54) is 25.3 Å². The van der Waals surface area contributed by atoms with Crippen molar-refractivity contribution in [2.75, 3.05) is 34.5 Å². The Morgan fingerprint density at radius 3 is 2.44 bits per heavy atom. The van der Waals surface area contributed by atoms with Crippen molar-refractivity contribution in [1.29, 1.82) is 0 Å². The second-order valence-corrected chi connectivity index (χ2v) is 6.46. The number of methoxy groups -OCH3 is 1. The molecule has 0 amide bonds. The fourth-order valence-electron chi connectivity index (χ4n) is 2.83. The maximum absolute atomic E-state index is 12.9. The lowest BCUT2D eigenvalue weighted by Gasteiger charge is -2.13. The van der Waals surface area contributed by atoms with Crippen LogP contribution in [0, 0.1) is 0 Å². The standard InChI is InChI=1S/C20H21NO6/c1-21(2)7-6-12-9-17-18(27-11-26-17)10-14(12)20(24)19(23)13-4-5-16(25-3)15(22)8-13/h4-5,8-10,22H,6-7,11H2,1-3H3. The van der Waals surface area contributed by atoms with E-state index < -0.39 is 11.6 Å². The Hall–Kier alpha value is -3.06. The number of ketones is 2. The second-order valence-electron chi connectivity index (χ2n) is 6.46. The van der Waals surface area contributed by atoms with Crippen molar-refractivity contribution in [3.8, 4) is 23.0 Å². The van der Waals surface area contributed by atoms with Gasteiger partial charge in [-0.2, -0.15) is 0 Å². The van der Waals surface area contributed by atoms with Crippen LogP contribution in [0.4, 0.5) is 0 Å². The smallest absolute Gasteiger partial charge is 0.233 e. The van der Waals surface area contributed by atoms with Gasteiger partial charge in [-0.25, -0.2) is 0 Å². The summed E-state index contributed by atoms with van der Waals surface area (Å²) in [6.45, 7) is 0.790. The van der Waals surface area contributed by atoms with E-state index in [1.54, 1.807) is 12.1 Å². The quantitative estimate of drug-likeness (QED) is 0.590. The minimum absolute atomic E-state index is 0.0837. The van der Waals surface area contributed by atoms with Gasteiger partial charge in [0.05, 0.1) is 7.11 Å². The van der Waals surface area contributed by atoms with Gasteiger partial charge in [0.1, 0.15) is 0 Å². The van der Waals surface area contributed by atoms with Crippen LogP contribution in [-0.2, 0) is 6.42 Å². The molecule has 1 N–H and O–H groups in total. The molecule has 0 saturated heterocycles. The van der Waals surface area contributed by atoms with Crippen LogP contribution < -0.4 is 14.2 Å². The average molecular weight is 371 g/mol. The van der Waals surface area contributed by atoms with Crippen molar-refractivity contribution >= 4 is 11.6 Å². The average Bonchev–Trinajstić information content (AvgIpc) is 3.11. The number of rotatable bonds is 7. The van der Waals surface area contributed by atoms with Gasteiger partial charge in [0.2, 0.25) is 18.4 Å². The van der Waals surface area contributed by atoms with E-state index >= 15 is 0 Å². The Morgan fingerprint density at radius 2 is 1.81 bits per heavy atom. The van der Waals surface area contributed by atoms with Gasteiger partial charge >= 0.3 is 0 Å². The highest BCUT2D eigenvalue weighted by molar-refractivity contribution is 6.49. The van der Waals surface area contributed by atoms with Gasteiger partial charge in [-0.05, 0) is 56.4 Å². The molecule has 7 heteroatoms. The number of carbonyl (C=O) groups is 2. The van der Waals surface area contributed by atoms with Crippen LogP contribution >= 0.6 is 0 Å². The van der Waals surface area contributed by atoms with Crippen LogP contribution in [0.2, 0.25) is 0 Å². The molecule has 0 radical (unpaired) electrons. The highest BCUT2D eigenvalue weighted by Crippen LogP contribution is 2.36. The van der Waals surface area contributed by atoms with Gasteiger partial charge in [0, 0.05) is 17.7 Å². The van der Waals surface area contributed by atoms with E-state index in [2.05, 4.69) is 0 Å². The largest absolute Gasteiger partial charge is 0.504 e. The monoisotopic (exact) mass is 371 g/mol. The molecule has 142 valence electrons. The SMILES string of the molecule is COc1ccc(C(=O)C(=O)c2cc3c(cc2CCN(C)C)OCO3)cc1O. The van der Waals surface area contributed by atoms with Gasteiger partial charge in [-0.1, -0.05) is 0 Å². The molecule has 2 aromatic rings. The first-order valence-corrected chi connectivity index (χ1v) is 8.44. The van der Waals surface area contributed by atoms with Crippen LogP contribution in [-0.4, -0.2) is 56.1 Å². The molecule has 0 aliphatic carbocycles. The molecule has 1 aliphatic rings. The molecule has 0 aromatic heterocycles. The number of nitrogens with zero attached hydrogens (tertiary/aromatic N) is 1. The number of phenols is 1. The predicted octanol–water partition coefficient (Wildman–Crippen LogP) is 2.30. The zero-order valence-electron chi connectivity index (χ0n) is 15.4. The molecule has 3 rings (SSSR count). The first-order chi connectivity index (χ1) is 12.9. The highest BCUT2D eigenvalue weighted by Gasteiger charge is 2.26. The third kappa shape index (κ3) is 3.88. The van der Waals surface area contributed by atoms with E-state index in [-0.39, 0.29) is 29.4 Å². The second kappa shape index (κ2) is 7.67. The molecule has 0 atom stereocenters. The molecular weight excluding hydrogens is 350 g/mol. The normalized spacial score (nSPS) is 12.3. The highest BCUT2D eigenvalue weighted by atomic mass is 16.7. The molecule has 0 saturated carbocycles. The van der Waals surface area contributed by atoms with Gasteiger partial charge in [-0.3, -0.25) is 9.59 Å². The first kappa shape index (κ1) is 18.7. The summed E-state index contributed by atoms with van der Waals surface area (Å²) in [5.74, 6) is -0.333. The van der Waals surface area contributed by atoms with E-state index in [0.717, 1.165) is 0 Å². The fraction of sp³-hybridized carbons (Fsp3) is 0.300. The minimum Gasteiger partial charge on any atom is -0.504 e. The number of benzene rings is 2. The van der Waals surface area contributed by atoms with E-state index in [1.807, 2.05) is 19.0 Å². The maximum atomic E-state index is 12.9. The third-order valence-electron chi connectivity index (χ3n) is 4.32. The van der Waals surface area contributed by atoms with Gasteiger partial charge in [-0.15, -0.1) is 0 Å². The number of Topliss-reactive ketones (excluding diaryl/α,β-unsaturated/α-hetero) is 2. The number of phenolic OH excluding ortho intramolecular Hbond substituents is 1. The molecule has 7 nitrogen and oxygen atoms in total. The van der Waals surface area contributed by atoms with Gasteiger partial charge in [0.25, 0.3) is 0 Å². The summed E-state index contributed by atoms with van der Waals surface area (Å²) < 4.78 is 15.7. The molecule has 0 unspecified atom stereocenters. The number of hydrogen-bond acceptors (Lipinski definition) is 7. The molecule has 1 aliphatic heterocycles. The van der Waals surface area contributed by atoms with Crippen molar-refractivity contribution in [3.63, 3.8) is 0 Å². The molecule has 2 aromatic carbocycles. The number of likely N-dealkylation sites (N-methyl/N-ethyl adjacent to an activating group) is 1. The zero-order valence-corrected chi connectivity index (χ0v) is 15.4. The van der Waals surface area contributed by atoms with Crippen molar-refractivity contribution in [2.24, 2.45) is 0 Å². The lowest BCUT2D eigenvalue weighted by atomic mass is 9.95. The number of carbonyl (C=O) groups excluding carboxylic acids is 2. The number of fused-ring (bicyclic) bond motifs is 1. The summed E-state index contributed by atoms with van der Waals surface area (Å²) in [4.78, 5) is 27.6. The molecule has 0 bridgehead atoms. The van der Waals surface area contributed by atoms with Crippen LogP contribution in [0.15, 0.2) is 30.3 Å². The summed E-state index contributed by atoms with van der Waals surface area (Å²) >= 11 is 0. The van der Waals surface area contributed by atoms with Crippen molar-refractivity contribution in [3.05, 3.63) is 47.0 Å². The van der Waals surface area contributed by atoms with E-state index in [9.17, 15) is 14.7 Å². The summed E-state index contributed by atoms with van der Waals surface area (Å²) in [7, 11) is 5.27. The first-order valence-electron chi connectivity index (χ1n) is 8.44. The Kier molecular flexibility index (Phi) is 5.32. The van der Waals surface area contributed by atoms with Crippen molar-refractivity contribution in [1.82, 2.24) is 4.90 Å². The van der Waals surface area contributed by atoms with Crippen LogP contribution in [0.1, 0.15) is 26.3 Å². The Morgan fingerprint density at radius 1 is 1.11 bits per heavy atom. The van der Waals surface area contributed by atoms with Gasteiger partial charge < -0.3 is 24.2 Å². The third-order valence-corrected chi connectivity index (χ3v) is 4.32. The lowest BCUT2D eigenvalue weighted by Crippen LogP contribution is -2.20. The Bertz CT molecular complexity index is 890.